The van der Waals surface area contributed by atoms with Crippen molar-refractivity contribution in [1.29, 1.82) is 0 Å². The first-order valence-corrected chi connectivity index (χ1v) is 10.5. The Bertz CT molecular complexity index is 1240. The van der Waals surface area contributed by atoms with Crippen LogP contribution in [0.15, 0.2) is 64.1 Å². The Morgan fingerprint density at radius 2 is 2.00 bits per heavy atom. The van der Waals surface area contributed by atoms with Crippen LogP contribution in [0.5, 0.6) is 5.75 Å². The molecular weight excluding hydrogens is 464 g/mol. The SMILES string of the molecule is Cc1cc([N+](=O)[O-])ccc1-c1ccc(/C=N\NC(=O)[C@@H](C)NC(=O)COc2ccccc2Cl)o1. The Morgan fingerprint density at radius 1 is 1.24 bits per heavy atom. The number of nitrogens with zero attached hydrogens (tertiary/aromatic N) is 2. The second kappa shape index (κ2) is 11.1. The standard InChI is InChI=1S/C23H21ClN4O6/c1-14-11-16(28(31)32)7-9-18(14)20-10-8-17(34-20)12-25-27-23(30)15(2)26-22(29)13-33-21-6-4-3-5-19(21)24/h3-12,15H,13H2,1-2H3,(H,26,29)(H,27,30)/b25-12-/t15-/m1/s1. The summed E-state index contributed by atoms with van der Waals surface area (Å²) in [5.74, 6) is 0.181. The number of hydrazone groups is 1. The van der Waals surface area contributed by atoms with E-state index in [0.717, 1.165) is 0 Å². The quantitative estimate of drug-likeness (QED) is 0.269. The molecule has 0 aliphatic carbocycles. The van der Waals surface area contributed by atoms with Crippen LogP contribution in [0.4, 0.5) is 5.69 Å². The Hall–Kier alpha value is -4.18. The average molecular weight is 485 g/mol. The molecule has 2 aromatic carbocycles. The maximum atomic E-state index is 12.2. The summed E-state index contributed by atoms with van der Waals surface area (Å²) in [5.41, 5.74) is 3.70. The van der Waals surface area contributed by atoms with Gasteiger partial charge < -0.3 is 14.5 Å². The Morgan fingerprint density at radius 3 is 2.71 bits per heavy atom. The molecule has 0 unspecified atom stereocenters. The van der Waals surface area contributed by atoms with E-state index in [2.05, 4.69) is 15.8 Å². The second-order valence-electron chi connectivity index (χ2n) is 7.20. The van der Waals surface area contributed by atoms with Gasteiger partial charge in [0.1, 0.15) is 23.3 Å². The number of non-ortho nitro benzene ring substituents is 1. The maximum Gasteiger partial charge on any atom is 0.269 e. The number of para-hydroxylation sites is 1. The molecule has 2 amide bonds. The predicted molar refractivity (Wildman–Crippen MR) is 126 cm³/mol. The molecule has 0 aliphatic heterocycles. The van der Waals surface area contributed by atoms with Gasteiger partial charge in [-0.1, -0.05) is 23.7 Å². The highest BCUT2D eigenvalue weighted by Crippen LogP contribution is 2.28. The van der Waals surface area contributed by atoms with Crippen LogP contribution in [-0.2, 0) is 9.59 Å². The predicted octanol–water partition coefficient (Wildman–Crippen LogP) is 3.85. The maximum absolute atomic E-state index is 12.2. The van der Waals surface area contributed by atoms with Gasteiger partial charge in [-0.2, -0.15) is 5.10 Å². The zero-order chi connectivity index (χ0) is 24.7. The summed E-state index contributed by atoms with van der Waals surface area (Å²) in [6, 6.07) is 13.7. The van der Waals surface area contributed by atoms with Crippen molar-refractivity contribution in [3.8, 4) is 17.1 Å². The van der Waals surface area contributed by atoms with E-state index in [4.69, 9.17) is 20.8 Å². The number of ether oxygens (including phenoxy) is 1. The van der Waals surface area contributed by atoms with E-state index in [0.29, 0.717) is 33.4 Å². The van der Waals surface area contributed by atoms with E-state index in [9.17, 15) is 19.7 Å². The van der Waals surface area contributed by atoms with E-state index in [1.54, 1.807) is 49.4 Å². The third kappa shape index (κ3) is 6.42. The second-order valence-corrected chi connectivity index (χ2v) is 7.61. The molecule has 3 aromatic rings. The summed E-state index contributed by atoms with van der Waals surface area (Å²) in [4.78, 5) is 34.6. The van der Waals surface area contributed by atoms with Crippen molar-refractivity contribution < 1.29 is 23.7 Å². The van der Waals surface area contributed by atoms with Crippen molar-refractivity contribution in [1.82, 2.24) is 10.7 Å². The number of aryl methyl sites for hydroxylation is 1. The molecule has 0 saturated carbocycles. The van der Waals surface area contributed by atoms with Crippen molar-refractivity contribution in [2.45, 2.75) is 19.9 Å². The number of rotatable bonds is 9. The summed E-state index contributed by atoms with van der Waals surface area (Å²) in [7, 11) is 0. The van der Waals surface area contributed by atoms with E-state index in [1.807, 2.05) is 0 Å². The average Bonchev–Trinajstić information content (AvgIpc) is 3.26. The van der Waals surface area contributed by atoms with E-state index < -0.39 is 22.8 Å². The highest BCUT2D eigenvalue weighted by molar-refractivity contribution is 6.32. The third-order valence-electron chi connectivity index (χ3n) is 4.65. The van der Waals surface area contributed by atoms with Crippen molar-refractivity contribution in [2.24, 2.45) is 5.10 Å². The first-order valence-electron chi connectivity index (χ1n) is 10.1. The fourth-order valence-corrected chi connectivity index (χ4v) is 3.11. The topological polar surface area (TPSA) is 136 Å². The number of hydrogen-bond acceptors (Lipinski definition) is 7. The fourth-order valence-electron chi connectivity index (χ4n) is 2.91. The van der Waals surface area contributed by atoms with Crippen LogP contribution >= 0.6 is 11.6 Å². The summed E-state index contributed by atoms with van der Waals surface area (Å²) in [5, 5.41) is 17.6. The lowest BCUT2D eigenvalue weighted by molar-refractivity contribution is -0.384. The Kier molecular flexibility index (Phi) is 7.99. The summed E-state index contributed by atoms with van der Waals surface area (Å²) in [6.07, 6.45) is 1.30. The van der Waals surface area contributed by atoms with Crippen LogP contribution < -0.4 is 15.5 Å². The lowest BCUT2D eigenvalue weighted by Crippen LogP contribution is -2.45. The molecule has 0 spiro atoms. The highest BCUT2D eigenvalue weighted by atomic mass is 35.5. The van der Waals surface area contributed by atoms with Gasteiger partial charge in [0, 0.05) is 17.7 Å². The molecular formula is C23H21ClN4O6. The van der Waals surface area contributed by atoms with Gasteiger partial charge in [-0.3, -0.25) is 19.7 Å². The van der Waals surface area contributed by atoms with E-state index >= 15 is 0 Å². The van der Waals surface area contributed by atoms with Crippen LogP contribution in [0, 0.1) is 17.0 Å². The Labute approximate surface area is 199 Å². The first-order chi connectivity index (χ1) is 16.2. The van der Waals surface area contributed by atoms with Crippen LogP contribution in [-0.4, -0.2) is 35.6 Å². The summed E-state index contributed by atoms with van der Waals surface area (Å²) < 4.78 is 11.0. The van der Waals surface area contributed by atoms with Gasteiger partial charge in [-0.15, -0.1) is 0 Å². The van der Waals surface area contributed by atoms with Gasteiger partial charge in [0.05, 0.1) is 16.2 Å². The lowest BCUT2D eigenvalue weighted by Gasteiger charge is -2.13. The number of nitro groups is 1. The minimum Gasteiger partial charge on any atom is -0.482 e. The summed E-state index contributed by atoms with van der Waals surface area (Å²) >= 11 is 5.96. The molecule has 2 N–H and O–H groups in total. The molecule has 1 atom stereocenters. The number of carbonyl (C=O) groups excluding carboxylic acids is 2. The molecule has 0 radical (unpaired) electrons. The number of carbonyl (C=O) groups is 2. The van der Waals surface area contributed by atoms with Gasteiger partial charge in [0.25, 0.3) is 17.5 Å². The molecule has 11 heteroatoms. The lowest BCUT2D eigenvalue weighted by atomic mass is 10.1. The zero-order valence-corrected chi connectivity index (χ0v) is 19.0. The first kappa shape index (κ1) is 24.5. The number of nitro benzene ring substituents is 1. The van der Waals surface area contributed by atoms with E-state index in [1.165, 1.54) is 25.3 Å². The van der Waals surface area contributed by atoms with Gasteiger partial charge in [0.2, 0.25) is 0 Å². The van der Waals surface area contributed by atoms with Crippen LogP contribution in [0.1, 0.15) is 18.2 Å². The van der Waals surface area contributed by atoms with Gasteiger partial charge in [0.15, 0.2) is 6.61 Å². The molecule has 0 saturated heterocycles. The molecule has 0 bridgehead atoms. The van der Waals surface area contributed by atoms with Crippen molar-refractivity contribution >= 4 is 35.3 Å². The van der Waals surface area contributed by atoms with Crippen molar-refractivity contribution in [3.63, 3.8) is 0 Å². The smallest absolute Gasteiger partial charge is 0.269 e. The van der Waals surface area contributed by atoms with Gasteiger partial charge in [-0.05, 0) is 49.7 Å². The van der Waals surface area contributed by atoms with Crippen LogP contribution in [0.2, 0.25) is 5.02 Å². The number of halogens is 1. The van der Waals surface area contributed by atoms with Crippen LogP contribution in [0.3, 0.4) is 0 Å². The molecule has 1 aromatic heterocycles. The van der Waals surface area contributed by atoms with Crippen molar-refractivity contribution in [3.05, 3.63) is 81.1 Å². The molecule has 3 rings (SSSR count). The minimum absolute atomic E-state index is 0.00561. The third-order valence-corrected chi connectivity index (χ3v) is 4.96. The zero-order valence-electron chi connectivity index (χ0n) is 18.3. The molecule has 1 heterocycles. The van der Waals surface area contributed by atoms with Crippen LogP contribution in [0.25, 0.3) is 11.3 Å². The molecule has 0 aliphatic rings. The number of benzene rings is 2. The number of furan rings is 1. The highest BCUT2D eigenvalue weighted by Gasteiger charge is 2.16. The molecule has 0 fully saturated rings. The van der Waals surface area contributed by atoms with E-state index in [-0.39, 0.29) is 12.3 Å². The number of amides is 2. The fraction of sp³-hybridized carbons (Fsp3) is 0.174. The minimum atomic E-state index is -0.866. The Balaban J connectivity index is 1.50. The summed E-state index contributed by atoms with van der Waals surface area (Å²) in [6.45, 7) is 2.94. The van der Waals surface area contributed by atoms with Gasteiger partial charge >= 0.3 is 0 Å². The molecule has 176 valence electrons. The number of hydrogen-bond donors (Lipinski definition) is 2. The molecule has 10 nitrogen and oxygen atoms in total. The normalized spacial score (nSPS) is 11.7. The largest absolute Gasteiger partial charge is 0.482 e. The molecule has 34 heavy (non-hydrogen) atoms. The number of nitrogens with one attached hydrogen (secondary N) is 2. The monoisotopic (exact) mass is 484 g/mol. The van der Waals surface area contributed by atoms with Crippen molar-refractivity contribution in [2.75, 3.05) is 6.61 Å². The van der Waals surface area contributed by atoms with Gasteiger partial charge in [-0.25, -0.2) is 5.43 Å².